The second-order valence-corrected chi connectivity index (χ2v) is 5.69. The summed E-state index contributed by atoms with van der Waals surface area (Å²) in [6.45, 7) is 6.01. The molecular weight excluding hydrogens is 204 g/mol. The van der Waals surface area contributed by atoms with Crippen LogP contribution in [0.3, 0.4) is 0 Å². The van der Waals surface area contributed by atoms with Crippen LogP contribution in [0.15, 0.2) is 37.0 Å². The molecule has 0 heterocycles. The monoisotopic (exact) mass is 230 g/mol. The van der Waals surface area contributed by atoms with Crippen molar-refractivity contribution < 1.29 is 0 Å². The average Bonchev–Trinajstić information content (AvgIpc) is 2.38. The lowest BCUT2D eigenvalue weighted by Crippen LogP contribution is -2.36. The topological polar surface area (TPSA) is 0 Å². The second kappa shape index (κ2) is 6.23. The van der Waals surface area contributed by atoms with E-state index in [0.29, 0.717) is 0 Å². The Bertz CT molecular complexity index is 297. The van der Waals surface area contributed by atoms with Gasteiger partial charge in [0, 0.05) is 0 Å². The molecule has 0 amide bonds. The zero-order valence-corrected chi connectivity index (χ0v) is 11.1. The van der Waals surface area contributed by atoms with Crippen LogP contribution in [0.5, 0.6) is 0 Å². The predicted molar refractivity (Wildman–Crippen MR) is 75.8 cm³/mol. The van der Waals surface area contributed by atoms with Crippen LogP contribution in [-0.2, 0) is 0 Å². The van der Waals surface area contributed by atoms with Crippen LogP contribution in [-0.4, -0.2) is 0 Å². The van der Waals surface area contributed by atoms with E-state index in [1.54, 1.807) is 0 Å². The molecule has 0 aromatic rings. The molecule has 0 N–H and O–H groups in total. The smallest absolute Gasteiger partial charge is 0.0172 e. The molecule has 3 saturated carbocycles. The highest BCUT2D eigenvalue weighted by Crippen LogP contribution is 2.49. The molecule has 4 atom stereocenters. The van der Waals surface area contributed by atoms with Gasteiger partial charge >= 0.3 is 0 Å². The Morgan fingerprint density at radius 3 is 2.06 bits per heavy atom. The van der Waals surface area contributed by atoms with Crippen molar-refractivity contribution in [2.45, 2.75) is 45.4 Å². The van der Waals surface area contributed by atoms with Crippen molar-refractivity contribution in [3.8, 4) is 0 Å². The maximum atomic E-state index is 3.78. The molecule has 0 heteroatoms. The number of hydrogen-bond donors (Lipinski definition) is 0. The van der Waals surface area contributed by atoms with Crippen molar-refractivity contribution in [3.63, 3.8) is 0 Å². The Morgan fingerprint density at radius 2 is 1.59 bits per heavy atom. The second-order valence-electron chi connectivity index (χ2n) is 5.69. The molecule has 2 bridgehead atoms. The van der Waals surface area contributed by atoms with E-state index in [4.69, 9.17) is 0 Å². The highest BCUT2D eigenvalue weighted by Gasteiger charge is 2.39. The van der Waals surface area contributed by atoms with Crippen molar-refractivity contribution in [2.24, 2.45) is 23.7 Å². The molecule has 3 fully saturated rings. The summed E-state index contributed by atoms with van der Waals surface area (Å²) in [5.41, 5.74) is 0. The Balaban J connectivity index is 1.92. The normalized spacial score (nSPS) is 37.0. The zero-order valence-electron chi connectivity index (χ0n) is 11.1. The van der Waals surface area contributed by atoms with Gasteiger partial charge in [-0.25, -0.2) is 0 Å². The van der Waals surface area contributed by atoms with E-state index in [9.17, 15) is 0 Å². The molecule has 4 unspecified atom stereocenters. The molecule has 3 aliphatic carbocycles. The SMILES string of the molecule is C=CCC=CC1CC2CCC1CC2C=CCC. The van der Waals surface area contributed by atoms with Gasteiger partial charge in [0.1, 0.15) is 0 Å². The highest BCUT2D eigenvalue weighted by molar-refractivity contribution is 5.05. The summed E-state index contributed by atoms with van der Waals surface area (Å²) in [5, 5.41) is 0. The number of hydrogen-bond acceptors (Lipinski definition) is 0. The fourth-order valence-electron chi connectivity index (χ4n) is 3.66. The number of fused-ring (bicyclic) bond motifs is 3. The molecule has 94 valence electrons. The molecule has 0 saturated heterocycles. The Labute approximate surface area is 106 Å². The number of allylic oxidation sites excluding steroid dienone is 5. The summed E-state index contributed by atoms with van der Waals surface area (Å²) < 4.78 is 0. The first-order valence-electron chi connectivity index (χ1n) is 7.29. The minimum atomic E-state index is 0.861. The Hall–Kier alpha value is -0.780. The van der Waals surface area contributed by atoms with Crippen LogP contribution in [0, 0.1) is 23.7 Å². The van der Waals surface area contributed by atoms with Gasteiger partial charge in [-0.05, 0) is 62.2 Å². The summed E-state index contributed by atoms with van der Waals surface area (Å²) in [6.07, 6.45) is 19.7. The summed E-state index contributed by atoms with van der Waals surface area (Å²) in [5.74, 6) is 3.66. The molecule has 0 aromatic heterocycles. The molecular formula is C17H26. The van der Waals surface area contributed by atoms with E-state index in [1.165, 1.54) is 32.1 Å². The van der Waals surface area contributed by atoms with E-state index < -0.39 is 0 Å². The first-order chi connectivity index (χ1) is 8.35. The molecule has 17 heavy (non-hydrogen) atoms. The van der Waals surface area contributed by atoms with Crippen LogP contribution in [0.4, 0.5) is 0 Å². The fourth-order valence-corrected chi connectivity index (χ4v) is 3.66. The van der Waals surface area contributed by atoms with E-state index in [-0.39, 0.29) is 0 Å². The minimum Gasteiger partial charge on any atom is -0.103 e. The summed E-state index contributed by atoms with van der Waals surface area (Å²) in [6, 6.07) is 0. The molecule has 0 nitrogen and oxygen atoms in total. The van der Waals surface area contributed by atoms with Gasteiger partial charge in [0.25, 0.3) is 0 Å². The van der Waals surface area contributed by atoms with Gasteiger partial charge in [-0.3, -0.25) is 0 Å². The van der Waals surface area contributed by atoms with Crippen molar-refractivity contribution in [2.75, 3.05) is 0 Å². The van der Waals surface area contributed by atoms with Crippen LogP contribution in [0.25, 0.3) is 0 Å². The molecule has 0 aliphatic heterocycles. The molecule has 3 rings (SSSR count). The predicted octanol–water partition coefficient (Wildman–Crippen LogP) is 5.14. The van der Waals surface area contributed by atoms with Gasteiger partial charge in [-0.2, -0.15) is 0 Å². The van der Waals surface area contributed by atoms with E-state index in [1.807, 2.05) is 6.08 Å². The quantitative estimate of drug-likeness (QED) is 0.574. The summed E-state index contributed by atoms with van der Waals surface area (Å²) in [7, 11) is 0. The molecule has 3 aliphatic rings. The summed E-state index contributed by atoms with van der Waals surface area (Å²) in [4.78, 5) is 0. The molecule has 0 aromatic carbocycles. The van der Waals surface area contributed by atoms with E-state index in [2.05, 4.69) is 37.8 Å². The Kier molecular flexibility index (Phi) is 4.65. The largest absolute Gasteiger partial charge is 0.103 e. The van der Waals surface area contributed by atoms with Gasteiger partial charge in [0.15, 0.2) is 0 Å². The van der Waals surface area contributed by atoms with Crippen LogP contribution < -0.4 is 0 Å². The minimum absolute atomic E-state index is 0.861. The van der Waals surface area contributed by atoms with Crippen molar-refractivity contribution >= 4 is 0 Å². The lowest BCUT2D eigenvalue weighted by molar-refractivity contribution is 0.0869. The first-order valence-corrected chi connectivity index (χ1v) is 7.29. The third-order valence-electron chi connectivity index (χ3n) is 4.57. The van der Waals surface area contributed by atoms with E-state index >= 15 is 0 Å². The van der Waals surface area contributed by atoms with Crippen molar-refractivity contribution in [1.82, 2.24) is 0 Å². The zero-order chi connectivity index (χ0) is 12.1. The van der Waals surface area contributed by atoms with Crippen LogP contribution in [0.2, 0.25) is 0 Å². The molecule has 0 spiro atoms. The van der Waals surface area contributed by atoms with Crippen LogP contribution in [0.1, 0.15) is 45.4 Å². The standard InChI is InChI=1S/C17H26/c1-3-5-7-9-15-13-16-10-11-17(15)12-14(16)8-6-4-2/h3,6-9,14-17H,1,4-5,10-13H2,2H3. The highest BCUT2D eigenvalue weighted by atomic mass is 14.4. The third-order valence-corrected chi connectivity index (χ3v) is 4.57. The Morgan fingerprint density at radius 1 is 1.00 bits per heavy atom. The number of rotatable bonds is 5. The maximum Gasteiger partial charge on any atom is -0.0172 e. The first kappa shape index (κ1) is 12.7. The van der Waals surface area contributed by atoms with Gasteiger partial charge in [-0.1, -0.05) is 37.3 Å². The van der Waals surface area contributed by atoms with E-state index in [0.717, 1.165) is 30.1 Å². The van der Waals surface area contributed by atoms with Crippen molar-refractivity contribution in [1.29, 1.82) is 0 Å². The average molecular weight is 230 g/mol. The van der Waals surface area contributed by atoms with Crippen molar-refractivity contribution in [3.05, 3.63) is 37.0 Å². The van der Waals surface area contributed by atoms with Crippen LogP contribution >= 0.6 is 0 Å². The lowest BCUT2D eigenvalue weighted by Gasteiger charge is -2.45. The van der Waals surface area contributed by atoms with Gasteiger partial charge in [-0.15, -0.1) is 6.58 Å². The molecule has 0 radical (unpaired) electrons. The van der Waals surface area contributed by atoms with Gasteiger partial charge < -0.3 is 0 Å². The van der Waals surface area contributed by atoms with Gasteiger partial charge in [0.05, 0.1) is 0 Å². The third kappa shape index (κ3) is 3.12. The maximum absolute atomic E-state index is 3.78. The fraction of sp³-hybridized carbons (Fsp3) is 0.647. The summed E-state index contributed by atoms with van der Waals surface area (Å²) >= 11 is 0. The lowest BCUT2D eigenvalue weighted by atomic mass is 9.60. The van der Waals surface area contributed by atoms with Gasteiger partial charge in [0.2, 0.25) is 0 Å².